The molecule has 0 saturated carbocycles. The number of likely N-dealkylation sites (N-methyl/N-ethyl adjacent to an activating group) is 1. The maximum Gasteiger partial charge on any atom is 0.240 e. The Labute approximate surface area is 126 Å². The molecule has 6 heteroatoms. The summed E-state index contributed by atoms with van der Waals surface area (Å²) in [4.78, 5) is 24.0. The van der Waals surface area contributed by atoms with Crippen molar-refractivity contribution in [2.45, 2.75) is 45.2 Å². The van der Waals surface area contributed by atoms with Gasteiger partial charge >= 0.3 is 0 Å². The Morgan fingerprint density at radius 3 is 3.00 bits per heavy atom. The number of aromatic nitrogens is 2. The minimum absolute atomic E-state index is 0.0186. The van der Waals surface area contributed by atoms with E-state index < -0.39 is 0 Å². The van der Waals surface area contributed by atoms with Crippen LogP contribution >= 0.6 is 0 Å². The topological polar surface area (TPSA) is 72.5 Å². The van der Waals surface area contributed by atoms with E-state index in [-0.39, 0.29) is 18.6 Å². The lowest BCUT2D eigenvalue weighted by atomic mass is 10.1. The highest BCUT2D eigenvalue weighted by atomic mass is 16.3. The molecule has 1 aromatic heterocycles. The van der Waals surface area contributed by atoms with Crippen molar-refractivity contribution < 1.29 is 9.90 Å². The van der Waals surface area contributed by atoms with Gasteiger partial charge in [0.25, 0.3) is 0 Å². The van der Waals surface area contributed by atoms with Gasteiger partial charge in [-0.15, -0.1) is 0 Å². The number of hydrogen-bond donors (Lipinski definition) is 2. The lowest BCUT2D eigenvalue weighted by molar-refractivity contribution is -0.137. The fourth-order valence-corrected chi connectivity index (χ4v) is 2.92. The number of H-pyrrole nitrogens is 1. The highest BCUT2D eigenvalue weighted by Crippen LogP contribution is 2.18. The molecule has 2 rings (SSSR count). The molecule has 0 aromatic carbocycles. The van der Waals surface area contributed by atoms with Gasteiger partial charge in [0.15, 0.2) is 0 Å². The normalized spacial score (nSPS) is 20.2. The van der Waals surface area contributed by atoms with E-state index in [1.165, 1.54) is 6.42 Å². The molecule has 0 spiro atoms. The van der Waals surface area contributed by atoms with Gasteiger partial charge < -0.3 is 15.0 Å². The number of carbonyl (C=O) groups excluding carboxylic acids is 1. The molecule has 0 radical (unpaired) electrons. The zero-order valence-electron chi connectivity index (χ0n) is 13.0. The van der Waals surface area contributed by atoms with Crippen molar-refractivity contribution in [2.24, 2.45) is 0 Å². The van der Waals surface area contributed by atoms with Crippen LogP contribution in [-0.2, 0) is 11.3 Å². The number of nitrogens with zero attached hydrogens (tertiary/aromatic N) is 3. The van der Waals surface area contributed by atoms with Gasteiger partial charge in [0.1, 0.15) is 5.82 Å². The van der Waals surface area contributed by atoms with Gasteiger partial charge in [-0.2, -0.15) is 0 Å². The third-order valence-corrected chi connectivity index (χ3v) is 4.10. The second-order valence-electron chi connectivity index (χ2n) is 5.82. The quantitative estimate of drug-likeness (QED) is 0.847. The van der Waals surface area contributed by atoms with E-state index in [2.05, 4.69) is 14.9 Å². The van der Waals surface area contributed by atoms with E-state index in [0.29, 0.717) is 13.1 Å². The summed E-state index contributed by atoms with van der Waals surface area (Å²) in [7, 11) is 2.02. The number of amides is 1. The summed E-state index contributed by atoms with van der Waals surface area (Å²) in [5.74, 6) is 0.952. The van der Waals surface area contributed by atoms with Crippen LogP contribution in [0.5, 0.6) is 0 Å². The average molecular weight is 294 g/mol. The van der Waals surface area contributed by atoms with Crippen molar-refractivity contribution in [3.8, 4) is 0 Å². The van der Waals surface area contributed by atoms with E-state index in [4.69, 9.17) is 0 Å². The summed E-state index contributed by atoms with van der Waals surface area (Å²) >= 11 is 0. The number of carbonyl (C=O) groups is 1. The maximum absolute atomic E-state index is 12.8. The zero-order chi connectivity index (χ0) is 15.2. The SMILES string of the molecule is Cc1ncc(CN(CCO)C(=O)C2CCCCCN2C)[nH]1. The third-order valence-electron chi connectivity index (χ3n) is 4.10. The van der Waals surface area contributed by atoms with E-state index in [0.717, 1.165) is 37.3 Å². The predicted octanol–water partition coefficient (Wildman–Crippen LogP) is 0.913. The highest BCUT2D eigenvalue weighted by molar-refractivity contribution is 5.81. The van der Waals surface area contributed by atoms with Crippen LogP contribution in [0, 0.1) is 6.92 Å². The first-order valence-electron chi connectivity index (χ1n) is 7.72. The number of likely N-dealkylation sites (tertiary alicyclic amines) is 1. The Balaban J connectivity index is 2.06. The van der Waals surface area contributed by atoms with Crippen LogP contribution in [0.1, 0.15) is 37.2 Å². The molecule has 6 nitrogen and oxygen atoms in total. The van der Waals surface area contributed by atoms with Crippen molar-refractivity contribution in [2.75, 3.05) is 26.7 Å². The van der Waals surface area contributed by atoms with Gasteiger partial charge in [0.2, 0.25) is 5.91 Å². The molecule has 1 aliphatic heterocycles. The number of aryl methyl sites for hydroxylation is 1. The standard InChI is InChI=1S/C15H26N4O2/c1-12-16-10-13(17-12)11-19(8-9-20)15(21)14-6-4-3-5-7-18(14)2/h10,14,20H,3-9,11H2,1-2H3,(H,16,17). The summed E-state index contributed by atoms with van der Waals surface area (Å²) in [6, 6.07) is -0.0666. The Morgan fingerprint density at radius 2 is 2.33 bits per heavy atom. The number of rotatable bonds is 5. The molecule has 118 valence electrons. The van der Waals surface area contributed by atoms with Gasteiger partial charge in [0.05, 0.1) is 31.1 Å². The van der Waals surface area contributed by atoms with Gasteiger partial charge in [-0.05, 0) is 33.4 Å². The number of aromatic amines is 1. The lowest BCUT2D eigenvalue weighted by Gasteiger charge is -2.30. The van der Waals surface area contributed by atoms with Crippen LogP contribution in [0.15, 0.2) is 6.20 Å². The second kappa shape index (κ2) is 7.56. The number of aliphatic hydroxyl groups excluding tert-OH is 1. The lowest BCUT2D eigenvalue weighted by Crippen LogP contribution is -2.47. The molecule has 0 aliphatic carbocycles. The van der Waals surface area contributed by atoms with E-state index in [1.54, 1.807) is 11.1 Å². The average Bonchev–Trinajstić information content (AvgIpc) is 2.74. The van der Waals surface area contributed by atoms with E-state index in [1.807, 2.05) is 14.0 Å². The highest BCUT2D eigenvalue weighted by Gasteiger charge is 2.28. The minimum Gasteiger partial charge on any atom is -0.395 e. The first kappa shape index (κ1) is 16.0. The van der Waals surface area contributed by atoms with Crippen molar-refractivity contribution in [3.05, 3.63) is 17.7 Å². The molecule has 1 amide bonds. The molecule has 1 unspecified atom stereocenters. The van der Waals surface area contributed by atoms with E-state index in [9.17, 15) is 9.90 Å². The number of hydrogen-bond acceptors (Lipinski definition) is 4. The third kappa shape index (κ3) is 4.28. The van der Waals surface area contributed by atoms with Gasteiger partial charge in [-0.3, -0.25) is 9.69 Å². The molecule has 1 aliphatic rings. The van der Waals surface area contributed by atoms with Crippen LogP contribution in [0.4, 0.5) is 0 Å². The summed E-state index contributed by atoms with van der Waals surface area (Å²) in [5.41, 5.74) is 0.908. The predicted molar refractivity (Wildman–Crippen MR) is 80.7 cm³/mol. The molecular formula is C15H26N4O2. The smallest absolute Gasteiger partial charge is 0.240 e. The maximum atomic E-state index is 12.8. The Hall–Kier alpha value is -1.40. The summed E-state index contributed by atoms with van der Waals surface area (Å²) in [5, 5.41) is 9.26. The molecular weight excluding hydrogens is 268 g/mol. The van der Waals surface area contributed by atoms with Gasteiger partial charge in [-0.25, -0.2) is 4.98 Å². The van der Waals surface area contributed by atoms with Crippen LogP contribution < -0.4 is 0 Å². The first-order chi connectivity index (χ1) is 10.1. The van der Waals surface area contributed by atoms with Crippen LogP contribution in [0.25, 0.3) is 0 Å². The van der Waals surface area contributed by atoms with Gasteiger partial charge in [0, 0.05) is 6.54 Å². The zero-order valence-corrected chi connectivity index (χ0v) is 13.0. The number of nitrogens with one attached hydrogen (secondary N) is 1. The molecule has 1 aromatic rings. The monoisotopic (exact) mass is 294 g/mol. The van der Waals surface area contributed by atoms with Gasteiger partial charge in [-0.1, -0.05) is 12.8 Å². The van der Waals surface area contributed by atoms with Crippen molar-refractivity contribution in [1.29, 1.82) is 0 Å². The second-order valence-corrected chi connectivity index (χ2v) is 5.82. The first-order valence-corrected chi connectivity index (χ1v) is 7.72. The van der Waals surface area contributed by atoms with Crippen LogP contribution in [-0.4, -0.2) is 63.6 Å². The molecule has 1 fully saturated rings. The fourth-order valence-electron chi connectivity index (χ4n) is 2.92. The molecule has 21 heavy (non-hydrogen) atoms. The summed E-state index contributed by atoms with van der Waals surface area (Å²) in [6.07, 6.45) is 6.09. The van der Waals surface area contributed by atoms with Crippen LogP contribution in [0.2, 0.25) is 0 Å². The molecule has 1 saturated heterocycles. The summed E-state index contributed by atoms with van der Waals surface area (Å²) in [6.45, 7) is 3.68. The Bertz CT molecular complexity index is 460. The Morgan fingerprint density at radius 1 is 1.52 bits per heavy atom. The van der Waals surface area contributed by atoms with Crippen molar-refractivity contribution in [3.63, 3.8) is 0 Å². The number of aliphatic hydroxyl groups is 1. The molecule has 2 heterocycles. The molecule has 2 N–H and O–H groups in total. The van der Waals surface area contributed by atoms with Crippen molar-refractivity contribution in [1.82, 2.24) is 19.8 Å². The van der Waals surface area contributed by atoms with Crippen molar-refractivity contribution >= 4 is 5.91 Å². The minimum atomic E-state index is -0.0666. The molecule has 0 bridgehead atoms. The number of imidazole rings is 1. The Kier molecular flexibility index (Phi) is 5.76. The molecule has 1 atom stereocenters. The van der Waals surface area contributed by atoms with Crippen LogP contribution in [0.3, 0.4) is 0 Å². The largest absolute Gasteiger partial charge is 0.395 e. The van der Waals surface area contributed by atoms with E-state index >= 15 is 0 Å². The summed E-state index contributed by atoms with van der Waals surface area (Å²) < 4.78 is 0. The fraction of sp³-hybridized carbons (Fsp3) is 0.733.